The van der Waals surface area contributed by atoms with E-state index >= 15 is 0 Å². The van der Waals surface area contributed by atoms with Crippen LogP contribution in [0.5, 0.6) is 5.75 Å². The molecule has 224 valence electrons. The Labute approximate surface area is 253 Å². The number of rotatable bonds is 1. The fourth-order valence-electron chi connectivity index (χ4n) is 7.83. The highest BCUT2D eigenvalue weighted by molar-refractivity contribution is 7.90. The quantitative estimate of drug-likeness (QED) is 0.449. The number of aryl methyl sites for hydroxylation is 1. The molecule has 42 heavy (non-hydrogen) atoms. The predicted octanol–water partition coefficient (Wildman–Crippen LogP) is 5.14. The summed E-state index contributed by atoms with van der Waals surface area (Å²) in [5.41, 5.74) is 3.04. The minimum absolute atomic E-state index is 0.000418. The normalized spacial score (nSPS) is 32.6. The third kappa shape index (κ3) is 4.97. The van der Waals surface area contributed by atoms with Crippen molar-refractivity contribution in [2.45, 2.75) is 54.9 Å². The predicted molar refractivity (Wildman–Crippen MR) is 162 cm³/mol. The van der Waals surface area contributed by atoms with Gasteiger partial charge in [-0.05, 0) is 97.7 Å². The largest absolute Gasteiger partial charge is 0.490 e. The van der Waals surface area contributed by atoms with Gasteiger partial charge < -0.3 is 19.3 Å². The van der Waals surface area contributed by atoms with Gasteiger partial charge in [-0.25, -0.2) is 17.9 Å². The number of sulfonamides is 1. The molecule has 2 amide bonds. The van der Waals surface area contributed by atoms with Crippen LogP contribution >= 0.6 is 11.6 Å². The maximum atomic E-state index is 13.5. The van der Waals surface area contributed by atoms with E-state index in [4.69, 9.17) is 21.1 Å². The molecule has 2 aromatic carbocycles. The summed E-state index contributed by atoms with van der Waals surface area (Å²) >= 11 is 6.40. The minimum atomic E-state index is -4.08. The first-order valence-corrected chi connectivity index (χ1v) is 16.9. The highest BCUT2D eigenvalue weighted by Crippen LogP contribution is 2.47. The second kappa shape index (κ2) is 10.8. The number of ether oxygens (including phenoxy) is 2. The molecule has 10 heteroatoms. The molecule has 8 nitrogen and oxygen atoms in total. The Hall–Kier alpha value is -2.75. The van der Waals surface area contributed by atoms with Gasteiger partial charge in [0.1, 0.15) is 5.75 Å². The number of nitrogens with zero attached hydrogens (tertiary/aromatic N) is 2. The summed E-state index contributed by atoms with van der Waals surface area (Å²) in [6.07, 6.45) is 10.3. The molecule has 7 rings (SSSR count). The second-order valence-electron chi connectivity index (χ2n) is 12.7. The summed E-state index contributed by atoms with van der Waals surface area (Å²) in [6.45, 7) is 2.98. The first kappa shape index (κ1) is 28.0. The monoisotopic (exact) mass is 611 g/mol. The van der Waals surface area contributed by atoms with Crippen molar-refractivity contribution in [3.8, 4) is 5.75 Å². The Morgan fingerprint density at radius 3 is 2.76 bits per heavy atom. The van der Waals surface area contributed by atoms with E-state index in [1.165, 1.54) is 11.1 Å². The van der Waals surface area contributed by atoms with Crippen molar-refractivity contribution in [1.82, 2.24) is 9.62 Å². The van der Waals surface area contributed by atoms with E-state index in [0.717, 1.165) is 55.8 Å². The maximum Gasteiger partial charge on any atom is 0.331 e. The number of benzene rings is 2. The first-order valence-electron chi connectivity index (χ1n) is 15.1. The Morgan fingerprint density at radius 2 is 1.95 bits per heavy atom. The molecule has 1 saturated carbocycles. The van der Waals surface area contributed by atoms with Gasteiger partial charge in [-0.15, -0.1) is 0 Å². The SMILES string of the molecule is CO[C@H]1/C=C/C2CCN(C2)C(=O)NS(=O)(=O)c2ccc3c(c2)N(C[C@@H]2CC[C@H]21)C[C@@]1(CCCc2cc(Cl)ccc21)CO3. The van der Waals surface area contributed by atoms with Crippen LogP contribution in [0.1, 0.15) is 43.2 Å². The van der Waals surface area contributed by atoms with Gasteiger partial charge in [0.05, 0.1) is 23.3 Å². The summed E-state index contributed by atoms with van der Waals surface area (Å²) < 4.78 is 41.9. The Morgan fingerprint density at radius 1 is 1.07 bits per heavy atom. The fourth-order valence-corrected chi connectivity index (χ4v) is 9.01. The third-order valence-corrected chi connectivity index (χ3v) is 11.8. The third-order valence-electron chi connectivity index (χ3n) is 10.3. The van der Waals surface area contributed by atoms with Crippen molar-refractivity contribution in [3.05, 3.63) is 64.7 Å². The first-order chi connectivity index (χ1) is 20.2. The number of hydrogen-bond donors (Lipinski definition) is 1. The van der Waals surface area contributed by atoms with Crippen LogP contribution in [0.4, 0.5) is 10.5 Å². The van der Waals surface area contributed by atoms with Crippen LogP contribution in [0.25, 0.3) is 0 Å². The molecule has 2 aliphatic carbocycles. The molecule has 0 aromatic heterocycles. The molecule has 0 radical (unpaired) electrons. The molecule has 2 aromatic rings. The van der Waals surface area contributed by atoms with E-state index in [9.17, 15) is 13.2 Å². The van der Waals surface area contributed by atoms with Crippen LogP contribution in [-0.2, 0) is 26.6 Å². The Bertz CT molecular complexity index is 1530. The highest BCUT2D eigenvalue weighted by Gasteiger charge is 2.44. The van der Waals surface area contributed by atoms with Crippen molar-refractivity contribution >= 4 is 33.3 Å². The number of fused-ring (bicyclic) bond motifs is 6. The summed E-state index contributed by atoms with van der Waals surface area (Å²) in [7, 11) is -2.30. The molecule has 2 fully saturated rings. The van der Waals surface area contributed by atoms with Crippen LogP contribution in [-0.4, -0.2) is 65.3 Å². The minimum Gasteiger partial charge on any atom is -0.490 e. The van der Waals surface area contributed by atoms with Gasteiger partial charge in [0, 0.05) is 43.7 Å². The van der Waals surface area contributed by atoms with Gasteiger partial charge in [0.2, 0.25) is 0 Å². The van der Waals surface area contributed by atoms with E-state index in [1.807, 2.05) is 6.07 Å². The molecule has 1 spiro atoms. The van der Waals surface area contributed by atoms with Gasteiger partial charge in [0.15, 0.2) is 0 Å². The molecular formula is C32H38ClN3O5S. The average molecular weight is 612 g/mol. The van der Waals surface area contributed by atoms with Gasteiger partial charge in [0.25, 0.3) is 10.0 Å². The Kier molecular flexibility index (Phi) is 7.18. The van der Waals surface area contributed by atoms with Gasteiger partial charge in [-0.3, -0.25) is 0 Å². The molecule has 1 N–H and O–H groups in total. The van der Waals surface area contributed by atoms with Crippen LogP contribution in [0.15, 0.2) is 53.4 Å². The molecule has 3 heterocycles. The summed E-state index contributed by atoms with van der Waals surface area (Å²) in [6, 6.07) is 10.6. The topological polar surface area (TPSA) is 88.2 Å². The van der Waals surface area contributed by atoms with Gasteiger partial charge in [-0.1, -0.05) is 29.8 Å². The zero-order valence-corrected chi connectivity index (χ0v) is 25.5. The van der Waals surface area contributed by atoms with Crippen molar-refractivity contribution in [2.75, 3.05) is 44.8 Å². The van der Waals surface area contributed by atoms with Crippen LogP contribution < -0.4 is 14.4 Å². The van der Waals surface area contributed by atoms with E-state index in [2.05, 4.69) is 33.9 Å². The van der Waals surface area contributed by atoms with E-state index < -0.39 is 16.1 Å². The molecule has 3 aliphatic heterocycles. The van der Waals surface area contributed by atoms with Crippen LogP contribution in [0.2, 0.25) is 5.02 Å². The molecule has 1 saturated heterocycles. The number of carbonyl (C=O) groups excluding carboxylic acids is 1. The zero-order valence-electron chi connectivity index (χ0n) is 23.9. The smallest absolute Gasteiger partial charge is 0.331 e. The number of carbonyl (C=O) groups is 1. The lowest BCUT2D eigenvalue weighted by atomic mass is 9.68. The van der Waals surface area contributed by atoms with E-state index in [1.54, 1.807) is 30.2 Å². The van der Waals surface area contributed by atoms with E-state index in [-0.39, 0.29) is 22.3 Å². The lowest BCUT2D eigenvalue weighted by Gasteiger charge is -2.46. The highest BCUT2D eigenvalue weighted by atomic mass is 35.5. The maximum absolute atomic E-state index is 13.5. The van der Waals surface area contributed by atoms with Crippen molar-refractivity contribution in [3.63, 3.8) is 0 Å². The van der Waals surface area contributed by atoms with Gasteiger partial charge >= 0.3 is 6.03 Å². The van der Waals surface area contributed by atoms with Crippen molar-refractivity contribution in [2.24, 2.45) is 17.8 Å². The standard InChI is InChI=1S/C32H38ClN3O5S/c1-40-29-10-4-21-12-14-35(17-21)31(37)34-42(38,39)25-7-11-30-28(16-25)36(18-23-5-8-26(23)29)19-32(20-41-30)13-2-3-22-15-24(33)6-9-27(22)32/h4,6-7,9-11,15-16,21,23,26,29H,2-3,5,8,12-14,17-20H2,1H3,(H,34,37)/b10-4+/t21?,23-,26+,29-,32-/m0/s1. The van der Waals surface area contributed by atoms with Crippen LogP contribution in [0.3, 0.4) is 0 Å². The number of halogens is 1. The molecule has 5 aliphatic rings. The van der Waals surface area contributed by atoms with E-state index in [0.29, 0.717) is 43.8 Å². The summed E-state index contributed by atoms with van der Waals surface area (Å²) in [4.78, 5) is 17.0. The molecule has 5 atom stereocenters. The van der Waals surface area contributed by atoms with Crippen molar-refractivity contribution < 1.29 is 22.7 Å². The number of methoxy groups -OCH3 is 1. The summed E-state index contributed by atoms with van der Waals surface area (Å²) in [5, 5.41) is 0.742. The number of anilines is 1. The number of amides is 2. The molecular weight excluding hydrogens is 574 g/mol. The van der Waals surface area contributed by atoms with Gasteiger partial charge in [-0.2, -0.15) is 0 Å². The number of hydrogen-bond acceptors (Lipinski definition) is 6. The second-order valence-corrected chi connectivity index (χ2v) is 14.8. The van der Waals surface area contributed by atoms with Crippen molar-refractivity contribution in [1.29, 1.82) is 0 Å². The van der Waals surface area contributed by atoms with Crippen LogP contribution in [0, 0.1) is 17.8 Å². The fraction of sp³-hybridized carbons (Fsp3) is 0.531. The number of nitrogens with one attached hydrogen (secondary N) is 1. The summed E-state index contributed by atoms with van der Waals surface area (Å²) in [5.74, 6) is 1.61. The molecule has 1 unspecified atom stereocenters. The molecule has 4 bridgehead atoms. The lowest BCUT2D eigenvalue weighted by Crippen LogP contribution is -2.49. The zero-order chi connectivity index (χ0) is 29.1. The average Bonchev–Trinajstić information content (AvgIpc) is 3.38. The Balaban J connectivity index is 1.31. The number of urea groups is 1. The lowest BCUT2D eigenvalue weighted by molar-refractivity contribution is 0.0130.